The van der Waals surface area contributed by atoms with Crippen molar-refractivity contribution in [3.63, 3.8) is 0 Å². The summed E-state index contributed by atoms with van der Waals surface area (Å²) < 4.78 is 28.1. The highest BCUT2D eigenvalue weighted by Crippen LogP contribution is 2.22. The Bertz CT molecular complexity index is 1220. The van der Waals surface area contributed by atoms with Crippen LogP contribution in [0.2, 0.25) is 0 Å². The third-order valence-corrected chi connectivity index (χ3v) is 6.89. The molecule has 12 nitrogen and oxygen atoms in total. The van der Waals surface area contributed by atoms with Crippen molar-refractivity contribution in [1.82, 2.24) is 4.98 Å². The van der Waals surface area contributed by atoms with Crippen LogP contribution in [0.15, 0.2) is 45.7 Å². The van der Waals surface area contributed by atoms with Gasteiger partial charge in [-0.05, 0) is 44.7 Å². The fraction of sp³-hybridized carbons (Fsp3) is 0.381. The second-order valence-electron chi connectivity index (χ2n) is 7.48. The number of nitrogens with zero attached hydrogens (tertiary/aromatic N) is 3. The Balaban J connectivity index is 1.77. The Hall–Kier alpha value is -3.52. The number of carbonyl (C=O) groups excluding carboxylic acids is 2. The number of amidine groups is 1. The molecule has 188 valence electrons. The van der Waals surface area contributed by atoms with E-state index in [2.05, 4.69) is 30.2 Å². The third kappa shape index (κ3) is 7.48. The Morgan fingerprint density at radius 2 is 1.89 bits per heavy atom. The van der Waals surface area contributed by atoms with Gasteiger partial charge in [-0.1, -0.05) is 33.8 Å². The van der Waals surface area contributed by atoms with E-state index in [1.807, 2.05) is 0 Å². The molecule has 1 aliphatic rings. The molecule has 1 fully saturated rings. The number of amides is 1. The maximum atomic E-state index is 13.0. The number of anilines is 1. The summed E-state index contributed by atoms with van der Waals surface area (Å²) in [6.45, 7) is 1.74. The lowest BCUT2D eigenvalue weighted by atomic mass is 10.1. The summed E-state index contributed by atoms with van der Waals surface area (Å²) in [6.07, 6.45) is 5.08. The lowest BCUT2D eigenvalue weighted by Crippen LogP contribution is -2.25. The first-order valence-electron chi connectivity index (χ1n) is 10.7. The maximum Gasteiger partial charge on any atom is 0.535 e. The van der Waals surface area contributed by atoms with Crippen molar-refractivity contribution in [3.05, 3.63) is 40.9 Å². The predicted molar refractivity (Wildman–Crippen MR) is 129 cm³/mol. The van der Waals surface area contributed by atoms with Gasteiger partial charge in [0.05, 0.1) is 22.6 Å². The molecule has 1 aliphatic carbocycles. The second-order valence-corrected chi connectivity index (χ2v) is 10.5. The van der Waals surface area contributed by atoms with Crippen LogP contribution < -0.4 is 11.1 Å². The van der Waals surface area contributed by atoms with Gasteiger partial charge >= 0.3 is 6.16 Å². The largest absolute Gasteiger partial charge is 0.535 e. The highest BCUT2D eigenvalue weighted by molar-refractivity contribution is 7.90. The summed E-state index contributed by atoms with van der Waals surface area (Å²) in [5.74, 6) is -0.750. The zero-order valence-corrected chi connectivity index (χ0v) is 20.7. The van der Waals surface area contributed by atoms with Crippen molar-refractivity contribution < 1.29 is 32.4 Å². The number of carbonyl (C=O) groups is 2. The quantitative estimate of drug-likeness (QED) is 0.165. The van der Waals surface area contributed by atoms with E-state index in [9.17, 15) is 18.0 Å². The molecule has 14 heteroatoms. The number of nitrogens with one attached hydrogen (secondary N) is 1. The van der Waals surface area contributed by atoms with Gasteiger partial charge in [0, 0.05) is 11.8 Å². The predicted octanol–water partition coefficient (Wildman–Crippen LogP) is 2.64. The summed E-state index contributed by atoms with van der Waals surface area (Å²) in [4.78, 5) is 38.9. The molecule has 1 aromatic heterocycles. The van der Waals surface area contributed by atoms with Crippen LogP contribution in [0.1, 0.15) is 43.0 Å². The van der Waals surface area contributed by atoms with Crippen molar-refractivity contribution in [2.24, 2.45) is 16.0 Å². The van der Waals surface area contributed by atoms with E-state index in [0.29, 0.717) is 10.4 Å². The van der Waals surface area contributed by atoms with Gasteiger partial charge in [0.15, 0.2) is 26.5 Å². The Morgan fingerprint density at radius 1 is 1.20 bits per heavy atom. The molecular formula is C21H25N5O7S2. The van der Waals surface area contributed by atoms with Crippen LogP contribution in [0.25, 0.3) is 0 Å². The number of sulfone groups is 1. The molecule has 1 aromatic carbocycles. The first-order chi connectivity index (χ1) is 16.7. The molecule has 1 saturated carbocycles. The van der Waals surface area contributed by atoms with Crippen molar-refractivity contribution in [2.75, 3.05) is 18.2 Å². The molecule has 0 spiro atoms. The molecule has 3 N–H and O–H groups in total. The summed E-state index contributed by atoms with van der Waals surface area (Å²) in [6, 6.07) is 5.76. The minimum atomic E-state index is -3.40. The average molecular weight is 524 g/mol. The van der Waals surface area contributed by atoms with Gasteiger partial charge in [-0.2, -0.15) is 0 Å². The van der Waals surface area contributed by atoms with Crippen LogP contribution >= 0.6 is 11.3 Å². The first-order valence-corrected chi connectivity index (χ1v) is 13.4. The van der Waals surface area contributed by atoms with Crippen LogP contribution in [-0.4, -0.2) is 56.0 Å². The number of hydrogen-bond donors (Lipinski definition) is 2. The van der Waals surface area contributed by atoms with E-state index < -0.39 is 21.9 Å². The van der Waals surface area contributed by atoms with E-state index in [0.717, 1.165) is 43.3 Å². The lowest BCUT2D eigenvalue weighted by Gasteiger charge is -2.10. The van der Waals surface area contributed by atoms with Crippen molar-refractivity contribution >= 4 is 49.9 Å². The molecular weight excluding hydrogens is 498 g/mol. The van der Waals surface area contributed by atoms with Gasteiger partial charge < -0.3 is 15.3 Å². The van der Waals surface area contributed by atoms with Crippen LogP contribution in [-0.2, 0) is 29.0 Å². The summed E-state index contributed by atoms with van der Waals surface area (Å²) in [5, 5.41) is 10.4. The molecule has 2 aromatic rings. The number of ether oxygens (including phenoxy) is 1. The molecule has 0 aliphatic heterocycles. The van der Waals surface area contributed by atoms with Gasteiger partial charge in [-0.25, -0.2) is 18.2 Å². The standard InChI is InChI=1S/C21H25N5O7S2/c1-3-31-21(28)33-26-18(22)16-12-23-20(34-16)24-19(27)17(25-32-14-6-4-5-7-14)13-8-10-15(11-9-13)35(2,29)30/h8-12,14H,3-7H2,1-2H3,(H2,22,26)(H,23,24,27)/b25-17+. The highest BCUT2D eigenvalue weighted by atomic mass is 32.2. The lowest BCUT2D eigenvalue weighted by molar-refractivity contribution is -0.110. The van der Waals surface area contributed by atoms with Crippen LogP contribution in [0.4, 0.5) is 9.93 Å². The van der Waals surface area contributed by atoms with E-state index in [1.165, 1.54) is 30.5 Å². The normalized spacial score (nSPS) is 15.0. The fourth-order valence-corrected chi connectivity index (χ4v) is 4.42. The van der Waals surface area contributed by atoms with Crippen LogP contribution in [0.3, 0.4) is 0 Å². The maximum absolute atomic E-state index is 13.0. The average Bonchev–Trinajstić information content (AvgIpc) is 3.50. The molecule has 1 amide bonds. The Labute approximate surface area is 206 Å². The molecule has 0 saturated heterocycles. The number of nitrogens with two attached hydrogens (primary N) is 1. The zero-order valence-electron chi connectivity index (χ0n) is 19.1. The monoisotopic (exact) mass is 523 g/mol. The molecule has 0 unspecified atom stereocenters. The molecule has 3 rings (SSSR count). The van der Waals surface area contributed by atoms with Gasteiger partial charge in [-0.15, -0.1) is 0 Å². The number of oxime groups is 2. The second kappa shape index (κ2) is 11.8. The molecule has 0 atom stereocenters. The van der Waals surface area contributed by atoms with Crippen molar-refractivity contribution in [1.29, 1.82) is 0 Å². The molecule has 0 bridgehead atoms. The van der Waals surface area contributed by atoms with E-state index in [-0.39, 0.29) is 34.3 Å². The SMILES string of the molecule is CCOC(=O)O/N=C(\N)c1cnc(NC(=O)/C(=N/OC2CCCC2)c2ccc(S(C)(=O)=O)cc2)s1. The fourth-order valence-electron chi connectivity index (χ4n) is 3.09. The van der Waals surface area contributed by atoms with E-state index in [1.54, 1.807) is 6.92 Å². The first kappa shape index (κ1) is 26.1. The highest BCUT2D eigenvalue weighted by Gasteiger charge is 2.21. The van der Waals surface area contributed by atoms with Crippen LogP contribution in [0.5, 0.6) is 0 Å². The topological polar surface area (TPSA) is 172 Å². The molecule has 1 heterocycles. The van der Waals surface area contributed by atoms with Crippen molar-refractivity contribution in [2.45, 2.75) is 43.6 Å². The summed E-state index contributed by atoms with van der Waals surface area (Å²) in [7, 11) is -3.40. The van der Waals surface area contributed by atoms with Gasteiger partial charge in [-0.3, -0.25) is 14.9 Å². The summed E-state index contributed by atoms with van der Waals surface area (Å²) in [5.41, 5.74) is 6.11. The summed E-state index contributed by atoms with van der Waals surface area (Å²) >= 11 is 0.990. The van der Waals surface area contributed by atoms with Gasteiger partial charge in [0.25, 0.3) is 5.91 Å². The van der Waals surface area contributed by atoms with E-state index >= 15 is 0 Å². The van der Waals surface area contributed by atoms with Gasteiger partial charge in [0.2, 0.25) is 0 Å². The number of rotatable bonds is 9. The number of thiazole rings is 1. The molecule has 35 heavy (non-hydrogen) atoms. The van der Waals surface area contributed by atoms with Crippen molar-refractivity contribution in [3.8, 4) is 0 Å². The minimum Gasteiger partial charge on any atom is -0.433 e. The van der Waals surface area contributed by atoms with Gasteiger partial charge in [0.1, 0.15) is 6.10 Å². The smallest absolute Gasteiger partial charge is 0.433 e. The minimum absolute atomic E-state index is 0.0408. The number of aromatic nitrogens is 1. The Kier molecular flexibility index (Phi) is 8.76. The molecule has 0 radical (unpaired) electrons. The van der Waals surface area contributed by atoms with E-state index in [4.69, 9.17) is 10.6 Å². The van der Waals surface area contributed by atoms with Crippen LogP contribution in [0, 0.1) is 0 Å². The number of benzene rings is 1. The number of hydrogen-bond acceptors (Lipinski definition) is 11. The Morgan fingerprint density at radius 3 is 2.51 bits per heavy atom. The zero-order chi connectivity index (χ0) is 25.4. The third-order valence-electron chi connectivity index (χ3n) is 4.83.